The third-order valence-corrected chi connectivity index (χ3v) is 6.81. The van der Waals surface area contributed by atoms with Crippen molar-refractivity contribution in [2.45, 2.75) is 20.4 Å². The minimum absolute atomic E-state index is 0.0600. The number of nitrogens with zero attached hydrogens (tertiary/aromatic N) is 1. The van der Waals surface area contributed by atoms with E-state index in [4.69, 9.17) is 0 Å². The number of esters is 1. The molecule has 0 bridgehead atoms. The standard InChI is InChI=1S/C30H25NO5S/c1-19-4-14-25(20(2)16-19)26(32)15-11-21-5-7-22(8-6-21)17-27-28(33)31(30(35)37-27)18-23-9-12-24(13-10-23)29(34)36-3/h4-17H,18H2,1-3H3/b15-11+,27-17-. The van der Waals surface area contributed by atoms with Gasteiger partial charge < -0.3 is 4.74 Å². The van der Waals surface area contributed by atoms with Gasteiger partial charge in [-0.1, -0.05) is 66.2 Å². The van der Waals surface area contributed by atoms with E-state index < -0.39 is 5.97 Å². The van der Waals surface area contributed by atoms with Gasteiger partial charge in [-0.25, -0.2) is 4.79 Å². The van der Waals surface area contributed by atoms with Crippen molar-refractivity contribution in [3.05, 3.63) is 117 Å². The first-order valence-electron chi connectivity index (χ1n) is 11.6. The first kappa shape index (κ1) is 25.9. The van der Waals surface area contributed by atoms with Crippen LogP contribution in [-0.4, -0.2) is 34.9 Å². The van der Waals surface area contributed by atoms with Crippen molar-refractivity contribution >= 4 is 46.8 Å². The molecule has 0 saturated carbocycles. The Hall–Kier alpha value is -4.23. The Balaban J connectivity index is 1.41. The molecule has 3 aromatic carbocycles. The zero-order valence-corrected chi connectivity index (χ0v) is 21.5. The van der Waals surface area contributed by atoms with Gasteiger partial charge in [-0.2, -0.15) is 0 Å². The number of methoxy groups -OCH3 is 1. The molecule has 0 N–H and O–H groups in total. The van der Waals surface area contributed by atoms with E-state index in [9.17, 15) is 19.2 Å². The van der Waals surface area contributed by atoms with Gasteiger partial charge in [0.2, 0.25) is 0 Å². The highest BCUT2D eigenvalue weighted by Crippen LogP contribution is 2.33. The van der Waals surface area contributed by atoms with E-state index in [-0.39, 0.29) is 23.5 Å². The van der Waals surface area contributed by atoms with Gasteiger partial charge in [-0.15, -0.1) is 0 Å². The summed E-state index contributed by atoms with van der Waals surface area (Å²) in [7, 11) is 1.31. The van der Waals surface area contributed by atoms with Gasteiger partial charge in [0.1, 0.15) is 0 Å². The molecule has 1 aliphatic rings. The molecule has 0 atom stereocenters. The molecule has 6 nitrogen and oxygen atoms in total. The number of amides is 2. The van der Waals surface area contributed by atoms with Crippen molar-refractivity contribution < 1.29 is 23.9 Å². The Morgan fingerprint density at radius 2 is 1.59 bits per heavy atom. The molecule has 1 saturated heterocycles. The van der Waals surface area contributed by atoms with E-state index in [0.29, 0.717) is 16.0 Å². The minimum atomic E-state index is -0.449. The molecule has 37 heavy (non-hydrogen) atoms. The SMILES string of the molecule is COC(=O)c1ccc(CN2C(=O)S/C(=C\c3ccc(/C=C/C(=O)c4ccc(C)cc4C)cc3)C2=O)cc1. The van der Waals surface area contributed by atoms with Gasteiger partial charge in [0.15, 0.2) is 5.78 Å². The molecule has 1 fully saturated rings. The van der Waals surface area contributed by atoms with Gasteiger partial charge in [-0.3, -0.25) is 19.3 Å². The topological polar surface area (TPSA) is 80.8 Å². The van der Waals surface area contributed by atoms with E-state index in [1.165, 1.54) is 12.0 Å². The summed E-state index contributed by atoms with van der Waals surface area (Å²) in [6, 6.07) is 19.7. The Kier molecular flexibility index (Phi) is 7.84. The molecule has 0 spiro atoms. The molecule has 0 aromatic heterocycles. The third-order valence-electron chi connectivity index (χ3n) is 5.90. The van der Waals surface area contributed by atoms with Crippen molar-refractivity contribution in [2.75, 3.05) is 7.11 Å². The number of thioether (sulfide) groups is 1. The van der Waals surface area contributed by atoms with E-state index in [0.717, 1.165) is 39.6 Å². The van der Waals surface area contributed by atoms with Gasteiger partial charge in [0.05, 0.1) is 24.1 Å². The summed E-state index contributed by atoms with van der Waals surface area (Å²) < 4.78 is 4.68. The maximum atomic E-state index is 12.9. The molecule has 1 heterocycles. The van der Waals surface area contributed by atoms with Gasteiger partial charge in [-0.05, 0) is 72.1 Å². The van der Waals surface area contributed by atoms with E-state index in [1.54, 1.807) is 42.5 Å². The number of aryl methyl sites for hydroxylation is 2. The minimum Gasteiger partial charge on any atom is -0.465 e. The van der Waals surface area contributed by atoms with Crippen molar-refractivity contribution in [3.8, 4) is 0 Å². The summed E-state index contributed by atoms with van der Waals surface area (Å²) in [5, 5.41) is -0.349. The number of carbonyl (C=O) groups excluding carboxylic acids is 4. The van der Waals surface area contributed by atoms with Gasteiger partial charge in [0.25, 0.3) is 11.1 Å². The van der Waals surface area contributed by atoms with Gasteiger partial charge >= 0.3 is 5.97 Å². The highest BCUT2D eigenvalue weighted by molar-refractivity contribution is 8.18. The summed E-state index contributed by atoms with van der Waals surface area (Å²) in [4.78, 5) is 51.0. The molecule has 4 rings (SSSR count). The van der Waals surface area contributed by atoms with Crippen LogP contribution in [0.4, 0.5) is 4.79 Å². The van der Waals surface area contributed by atoms with Crippen LogP contribution < -0.4 is 0 Å². The first-order valence-corrected chi connectivity index (χ1v) is 12.4. The number of hydrogen-bond acceptors (Lipinski definition) is 6. The van der Waals surface area contributed by atoms with Crippen molar-refractivity contribution in [3.63, 3.8) is 0 Å². The number of imide groups is 1. The number of carbonyl (C=O) groups is 4. The van der Waals surface area contributed by atoms with E-state index in [2.05, 4.69) is 4.74 Å². The molecule has 0 unspecified atom stereocenters. The molecule has 0 radical (unpaired) electrons. The lowest BCUT2D eigenvalue weighted by atomic mass is 10.0. The fourth-order valence-electron chi connectivity index (χ4n) is 3.89. The molecule has 2 amide bonds. The largest absolute Gasteiger partial charge is 0.465 e. The van der Waals surface area contributed by atoms with Gasteiger partial charge in [0, 0.05) is 5.56 Å². The maximum absolute atomic E-state index is 12.9. The number of benzene rings is 3. The molecule has 3 aromatic rings. The number of rotatable bonds is 7. The Labute approximate surface area is 219 Å². The number of allylic oxidation sites excluding steroid dienone is 1. The predicted molar refractivity (Wildman–Crippen MR) is 145 cm³/mol. The van der Waals surface area contributed by atoms with Crippen molar-refractivity contribution in [1.82, 2.24) is 4.90 Å². The molecule has 0 aliphatic carbocycles. The summed E-state index contributed by atoms with van der Waals surface area (Å²) in [6.07, 6.45) is 4.99. The number of hydrogen-bond donors (Lipinski definition) is 0. The second kappa shape index (κ2) is 11.2. The van der Waals surface area contributed by atoms with Crippen molar-refractivity contribution in [1.29, 1.82) is 0 Å². The zero-order chi connectivity index (χ0) is 26.5. The van der Waals surface area contributed by atoms with Crippen LogP contribution in [0.1, 0.15) is 48.5 Å². The van der Waals surface area contributed by atoms with Crippen LogP contribution in [-0.2, 0) is 16.1 Å². The maximum Gasteiger partial charge on any atom is 0.337 e. The molecular formula is C30H25NO5S. The van der Waals surface area contributed by atoms with Crippen LogP contribution in [0.3, 0.4) is 0 Å². The van der Waals surface area contributed by atoms with E-state index >= 15 is 0 Å². The van der Waals surface area contributed by atoms with Crippen LogP contribution in [0.5, 0.6) is 0 Å². The lowest BCUT2D eigenvalue weighted by Gasteiger charge is -2.12. The molecule has 186 valence electrons. The molecule has 1 aliphatic heterocycles. The second-order valence-electron chi connectivity index (χ2n) is 8.64. The van der Waals surface area contributed by atoms with Crippen LogP contribution in [0, 0.1) is 13.8 Å². The van der Waals surface area contributed by atoms with Crippen LogP contribution in [0.15, 0.2) is 77.7 Å². The third kappa shape index (κ3) is 6.13. The second-order valence-corrected chi connectivity index (χ2v) is 9.63. The fraction of sp³-hybridized carbons (Fsp3) is 0.133. The Bertz CT molecular complexity index is 1440. The summed E-state index contributed by atoms with van der Waals surface area (Å²) >= 11 is 0.892. The first-order chi connectivity index (χ1) is 17.7. The fourth-order valence-corrected chi connectivity index (χ4v) is 4.73. The smallest absolute Gasteiger partial charge is 0.337 e. The monoisotopic (exact) mass is 511 g/mol. The number of ketones is 1. The highest BCUT2D eigenvalue weighted by Gasteiger charge is 2.35. The summed E-state index contributed by atoms with van der Waals surface area (Å²) in [5.74, 6) is -0.875. The van der Waals surface area contributed by atoms with Crippen LogP contribution in [0.2, 0.25) is 0 Å². The average molecular weight is 512 g/mol. The molecular weight excluding hydrogens is 486 g/mol. The normalized spacial score (nSPS) is 14.6. The van der Waals surface area contributed by atoms with Crippen LogP contribution >= 0.6 is 11.8 Å². The molecule has 7 heteroatoms. The Morgan fingerprint density at radius 3 is 2.24 bits per heavy atom. The summed E-state index contributed by atoms with van der Waals surface area (Å²) in [6.45, 7) is 4.03. The average Bonchev–Trinajstić information content (AvgIpc) is 3.15. The summed E-state index contributed by atoms with van der Waals surface area (Å²) in [5.41, 5.74) is 5.46. The number of ether oxygens (including phenoxy) is 1. The predicted octanol–water partition coefficient (Wildman–Crippen LogP) is 6.22. The van der Waals surface area contributed by atoms with Crippen LogP contribution in [0.25, 0.3) is 12.2 Å². The van der Waals surface area contributed by atoms with Crippen molar-refractivity contribution in [2.24, 2.45) is 0 Å². The van der Waals surface area contributed by atoms with E-state index in [1.807, 2.05) is 56.3 Å². The Morgan fingerprint density at radius 1 is 0.919 bits per heavy atom. The quantitative estimate of drug-likeness (QED) is 0.213. The zero-order valence-electron chi connectivity index (χ0n) is 20.7. The lowest BCUT2D eigenvalue weighted by molar-refractivity contribution is -0.123. The lowest BCUT2D eigenvalue weighted by Crippen LogP contribution is -2.27. The highest BCUT2D eigenvalue weighted by atomic mass is 32.2.